The molecule has 0 aliphatic rings. The van der Waals surface area contributed by atoms with Gasteiger partial charge in [0.15, 0.2) is 0 Å². The molecule has 1 amide bonds. The van der Waals surface area contributed by atoms with Crippen LogP contribution in [-0.2, 0) is 16.1 Å². The number of nitrogens with one attached hydrogen (secondary N) is 1. The molecule has 0 radical (unpaired) electrons. The summed E-state index contributed by atoms with van der Waals surface area (Å²) in [6.07, 6.45) is 0. The van der Waals surface area contributed by atoms with Gasteiger partial charge in [0.1, 0.15) is 0 Å². The van der Waals surface area contributed by atoms with Crippen molar-refractivity contribution in [2.45, 2.75) is 13.5 Å². The molecular formula is C10H12BrNO2. The van der Waals surface area contributed by atoms with Gasteiger partial charge in [-0.3, -0.25) is 4.79 Å². The van der Waals surface area contributed by atoms with Crippen molar-refractivity contribution in [3.05, 3.63) is 28.2 Å². The normalized spacial score (nSPS) is 9.93. The van der Waals surface area contributed by atoms with Gasteiger partial charge in [-0.1, -0.05) is 15.9 Å². The highest BCUT2D eigenvalue weighted by Gasteiger charge is 2.02. The number of hydrogen-bond donors (Lipinski definition) is 1. The Morgan fingerprint density at radius 1 is 1.57 bits per heavy atom. The number of hydrogen-bond acceptors (Lipinski definition) is 2. The minimum Gasteiger partial charge on any atom is -0.380 e. The second-order valence-corrected chi connectivity index (χ2v) is 3.77. The summed E-state index contributed by atoms with van der Waals surface area (Å²) in [6.45, 7) is 2.01. The van der Waals surface area contributed by atoms with E-state index in [9.17, 15) is 4.79 Å². The van der Waals surface area contributed by atoms with E-state index in [0.717, 1.165) is 15.7 Å². The molecule has 3 nitrogen and oxygen atoms in total. The number of halogens is 1. The maximum atomic E-state index is 10.8. The zero-order valence-electron chi connectivity index (χ0n) is 8.13. The van der Waals surface area contributed by atoms with Crippen molar-refractivity contribution >= 4 is 27.5 Å². The van der Waals surface area contributed by atoms with Crippen molar-refractivity contribution in [3.8, 4) is 0 Å². The summed E-state index contributed by atoms with van der Waals surface area (Å²) in [5, 5.41) is 2.72. The lowest BCUT2D eigenvalue weighted by molar-refractivity contribution is -0.114. The maximum absolute atomic E-state index is 10.8. The van der Waals surface area contributed by atoms with Gasteiger partial charge in [-0.2, -0.15) is 0 Å². The van der Waals surface area contributed by atoms with Crippen LogP contribution in [0, 0.1) is 0 Å². The smallest absolute Gasteiger partial charge is 0.221 e. The fraction of sp³-hybridized carbons (Fsp3) is 0.300. The highest BCUT2D eigenvalue weighted by molar-refractivity contribution is 9.10. The predicted molar refractivity (Wildman–Crippen MR) is 59.2 cm³/mol. The number of carbonyl (C=O) groups excluding carboxylic acids is 1. The molecule has 0 saturated carbocycles. The van der Waals surface area contributed by atoms with Crippen LogP contribution in [0.2, 0.25) is 0 Å². The van der Waals surface area contributed by atoms with Gasteiger partial charge in [0.2, 0.25) is 5.91 Å². The molecule has 0 saturated heterocycles. The Bertz CT molecular complexity index is 339. The second-order valence-electron chi connectivity index (χ2n) is 2.92. The Morgan fingerprint density at radius 2 is 2.29 bits per heavy atom. The van der Waals surface area contributed by atoms with Crippen LogP contribution in [0.5, 0.6) is 0 Å². The van der Waals surface area contributed by atoms with Gasteiger partial charge in [-0.05, 0) is 23.8 Å². The van der Waals surface area contributed by atoms with E-state index in [0.29, 0.717) is 6.61 Å². The summed E-state index contributed by atoms with van der Waals surface area (Å²) < 4.78 is 6.01. The molecule has 0 spiro atoms. The highest BCUT2D eigenvalue weighted by atomic mass is 79.9. The number of carbonyl (C=O) groups is 1. The Morgan fingerprint density at radius 3 is 2.86 bits per heavy atom. The summed E-state index contributed by atoms with van der Waals surface area (Å²) >= 11 is 3.40. The highest BCUT2D eigenvalue weighted by Crippen LogP contribution is 2.21. The molecular weight excluding hydrogens is 246 g/mol. The number of ether oxygens (including phenoxy) is 1. The molecule has 4 heteroatoms. The lowest BCUT2D eigenvalue weighted by Gasteiger charge is -2.07. The van der Waals surface area contributed by atoms with Crippen molar-refractivity contribution in [2.75, 3.05) is 12.4 Å². The van der Waals surface area contributed by atoms with Gasteiger partial charge >= 0.3 is 0 Å². The summed E-state index contributed by atoms with van der Waals surface area (Å²) in [6, 6.07) is 5.61. The molecule has 0 bridgehead atoms. The average Bonchev–Trinajstić information content (AvgIpc) is 2.10. The minimum atomic E-state index is -0.0734. The van der Waals surface area contributed by atoms with Crippen LogP contribution in [0.3, 0.4) is 0 Å². The molecule has 0 unspecified atom stereocenters. The van der Waals surface area contributed by atoms with Crippen molar-refractivity contribution in [1.29, 1.82) is 0 Å². The fourth-order valence-corrected chi connectivity index (χ4v) is 1.48. The number of amides is 1. The minimum absolute atomic E-state index is 0.0734. The SMILES string of the molecule is COCc1cc(NC(C)=O)ccc1Br. The van der Waals surface area contributed by atoms with Crippen LogP contribution in [0.25, 0.3) is 0 Å². The summed E-state index contributed by atoms with van der Waals surface area (Å²) in [4.78, 5) is 10.8. The summed E-state index contributed by atoms with van der Waals surface area (Å²) in [5.74, 6) is -0.0734. The number of benzene rings is 1. The number of rotatable bonds is 3. The lowest BCUT2D eigenvalue weighted by Crippen LogP contribution is -2.06. The first-order chi connectivity index (χ1) is 6.63. The van der Waals surface area contributed by atoms with Crippen molar-refractivity contribution in [3.63, 3.8) is 0 Å². The molecule has 0 aromatic heterocycles. The Balaban J connectivity index is 2.88. The third-order valence-corrected chi connectivity index (χ3v) is 2.44. The first kappa shape index (κ1) is 11.2. The van der Waals surface area contributed by atoms with Gasteiger partial charge in [0.05, 0.1) is 6.61 Å². The lowest BCUT2D eigenvalue weighted by atomic mass is 10.2. The first-order valence-electron chi connectivity index (χ1n) is 4.18. The van der Waals surface area contributed by atoms with Crippen LogP contribution < -0.4 is 5.32 Å². The monoisotopic (exact) mass is 257 g/mol. The van der Waals surface area contributed by atoms with E-state index in [1.807, 2.05) is 18.2 Å². The molecule has 1 N–H and O–H groups in total. The molecule has 76 valence electrons. The molecule has 0 aliphatic heterocycles. The Kier molecular flexibility index (Phi) is 4.10. The van der Waals surface area contributed by atoms with E-state index in [4.69, 9.17) is 4.74 Å². The van der Waals surface area contributed by atoms with Crippen molar-refractivity contribution < 1.29 is 9.53 Å². The standard InChI is InChI=1S/C10H12BrNO2/c1-7(13)12-9-3-4-10(11)8(5-9)6-14-2/h3-5H,6H2,1-2H3,(H,12,13). The quantitative estimate of drug-likeness (QED) is 0.904. The third-order valence-electron chi connectivity index (χ3n) is 1.67. The molecule has 0 aliphatic carbocycles. The van der Waals surface area contributed by atoms with Crippen LogP contribution in [0.1, 0.15) is 12.5 Å². The van der Waals surface area contributed by atoms with E-state index in [1.165, 1.54) is 6.92 Å². The zero-order chi connectivity index (χ0) is 10.6. The van der Waals surface area contributed by atoms with Crippen molar-refractivity contribution in [2.24, 2.45) is 0 Å². The van der Waals surface area contributed by atoms with E-state index in [1.54, 1.807) is 7.11 Å². The topological polar surface area (TPSA) is 38.3 Å². The largest absolute Gasteiger partial charge is 0.380 e. The summed E-state index contributed by atoms with van der Waals surface area (Å²) in [5.41, 5.74) is 1.80. The Hall–Kier alpha value is -0.870. The molecule has 1 aromatic carbocycles. The fourth-order valence-electron chi connectivity index (χ4n) is 1.12. The van der Waals surface area contributed by atoms with Crippen molar-refractivity contribution in [1.82, 2.24) is 0 Å². The van der Waals surface area contributed by atoms with Gasteiger partial charge in [0.25, 0.3) is 0 Å². The third kappa shape index (κ3) is 3.12. The zero-order valence-corrected chi connectivity index (χ0v) is 9.72. The maximum Gasteiger partial charge on any atom is 0.221 e. The molecule has 1 aromatic rings. The number of methoxy groups -OCH3 is 1. The van der Waals surface area contributed by atoms with Crippen LogP contribution >= 0.6 is 15.9 Å². The molecule has 0 atom stereocenters. The molecule has 14 heavy (non-hydrogen) atoms. The summed E-state index contributed by atoms with van der Waals surface area (Å²) in [7, 11) is 1.64. The second kappa shape index (κ2) is 5.12. The average molecular weight is 258 g/mol. The number of anilines is 1. The van der Waals surface area contributed by atoms with Gasteiger partial charge in [0, 0.05) is 24.2 Å². The first-order valence-corrected chi connectivity index (χ1v) is 4.97. The molecule has 0 fully saturated rings. The molecule has 0 heterocycles. The Labute approximate surface area is 91.6 Å². The van der Waals surface area contributed by atoms with E-state index in [-0.39, 0.29) is 5.91 Å². The van der Waals surface area contributed by atoms with Gasteiger partial charge in [-0.15, -0.1) is 0 Å². The van der Waals surface area contributed by atoms with Crippen LogP contribution in [-0.4, -0.2) is 13.0 Å². The predicted octanol–water partition coefficient (Wildman–Crippen LogP) is 2.55. The van der Waals surface area contributed by atoms with E-state index < -0.39 is 0 Å². The molecule has 1 rings (SSSR count). The van der Waals surface area contributed by atoms with Crippen LogP contribution in [0.4, 0.5) is 5.69 Å². The van der Waals surface area contributed by atoms with Gasteiger partial charge in [-0.25, -0.2) is 0 Å². The van der Waals surface area contributed by atoms with Gasteiger partial charge < -0.3 is 10.1 Å². The van der Waals surface area contributed by atoms with Crippen LogP contribution in [0.15, 0.2) is 22.7 Å². The van der Waals surface area contributed by atoms with E-state index in [2.05, 4.69) is 21.2 Å². The van der Waals surface area contributed by atoms with E-state index >= 15 is 0 Å².